The Morgan fingerprint density at radius 1 is 1.42 bits per heavy atom. The maximum absolute atomic E-state index is 12.9. The number of carboxylic acid groups (broad SMARTS) is 1. The van der Waals surface area contributed by atoms with Crippen LogP contribution in [0.2, 0.25) is 0 Å². The van der Waals surface area contributed by atoms with Gasteiger partial charge in [0.25, 0.3) is 11.8 Å². The molecule has 0 aliphatic carbocycles. The number of allylic oxidation sites excluding steroid dienone is 1. The van der Waals surface area contributed by atoms with E-state index in [1.54, 1.807) is 19.1 Å². The second kappa shape index (κ2) is 10.2. The molecule has 3 aliphatic heterocycles. The van der Waals surface area contributed by atoms with Crippen molar-refractivity contribution in [3.8, 4) is 0 Å². The minimum Gasteiger partial charge on any atom is -0.477 e. The number of primary amides is 1. The molecule has 36 heavy (non-hydrogen) atoms. The third-order valence-corrected chi connectivity index (χ3v) is 7.58. The summed E-state index contributed by atoms with van der Waals surface area (Å²) in [6.07, 6.45) is 3.21. The molecule has 0 radical (unpaired) electrons. The molecule has 16 heteroatoms. The van der Waals surface area contributed by atoms with Gasteiger partial charge in [0, 0.05) is 17.6 Å². The van der Waals surface area contributed by atoms with Crippen LogP contribution in [0.3, 0.4) is 0 Å². The van der Waals surface area contributed by atoms with Gasteiger partial charge in [-0.1, -0.05) is 17.3 Å². The maximum Gasteiger partial charge on any atom is 0.352 e. The first-order valence-corrected chi connectivity index (χ1v) is 12.5. The highest BCUT2D eigenvalue weighted by molar-refractivity contribution is 8.00. The predicted octanol–water partition coefficient (Wildman–Crippen LogP) is -0.156. The Balaban J connectivity index is 1.49. The zero-order valence-corrected chi connectivity index (χ0v) is 20.7. The molecule has 14 nitrogen and oxygen atoms in total. The summed E-state index contributed by atoms with van der Waals surface area (Å²) in [5, 5.41) is 18.3. The number of nitrogens with two attached hydrogens (primary N) is 2. The molecule has 1 aromatic rings. The van der Waals surface area contributed by atoms with Gasteiger partial charge < -0.3 is 26.7 Å². The van der Waals surface area contributed by atoms with Crippen molar-refractivity contribution in [3.63, 3.8) is 0 Å². The maximum atomic E-state index is 12.9. The number of oxime groups is 1. The summed E-state index contributed by atoms with van der Waals surface area (Å²) < 4.78 is 0. The van der Waals surface area contributed by atoms with Crippen molar-refractivity contribution in [2.45, 2.75) is 36.9 Å². The number of thiazole rings is 1. The van der Waals surface area contributed by atoms with Crippen LogP contribution in [0, 0.1) is 0 Å². The van der Waals surface area contributed by atoms with E-state index in [0.717, 1.165) is 21.3 Å². The van der Waals surface area contributed by atoms with Gasteiger partial charge in [0.05, 0.1) is 6.04 Å². The summed E-state index contributed by atoms with van der Waals surface area (Å²) in [5.41, 5.74) is 11.1. The molecule has 0 aromatic carbocycles. The summed E-state index contributed by atoms with van der Waals surface area (Å²) >= 11 is 2.41. The van der Waals surface area contributed by atoms with Crippen LogP contribution >= 0.6 is 23.1 Å². The topological polar surface area (TPSA) is 203 Å². The first-order chi connectivity index (χ1) is 17.1. The zero-order chi connectivity index (χ0) is 26.1. The van der Waals surface area contributed by atoms with Gasteiger partial charge in [0.2, 0.25) is 0 Å². The van der Waals surface area contributed by atoms with Crippen molar-refractivity contribution >= 4 is 57.8 Å². The Bertz CT molecular complexity index is 1200. The van der Waals surface area contributed by atoms with Crippen LogP contribution in [0.15, 0.2) is 34.0 Å². The van der Waals surface area contributed by atoms with E-state index < -0.39 is 41.3 Å². The molecule has 0 saturated carbocycles. The fourth-order valence-corrected chi connectivity index (χ4v) is 5.87. The molecule has 2 saturated heterocycles. The minimum absolute atomic E-state index is 0.161. The second-order valence-corrected chi connectivity index (χ2v) is 9.98. The Labute approximate surface area is 212 Å². The number of hydrogen-bond acceptors (Lipinski definition) is 11. The molecule has 4 amide bonds. The molecule has 4 heterocycles. The number of aliphatic carboxylic acids is 1. The normalized spacial score (nSPS) is 26.2. The van der Waals surface area contributed by atoms with E-state index in [1.165, 1.54) is 24.3 Å². The molecular formula is C20H23N7O7S2. The predicted molar refractivity (Wildman–Crippen MR) is 129 cm³/mol. The number of nitrogens with one attached hydrogen (secondary N) is 1. The van der Waals surface area contributed by atoms with Crippen LogP contribution in [-0.4, -0.2) is 86.0 Å². The largest absolute Gasteiger partial charge is 0.477 e. The van der Waals surface area contributed by atoms with Crippen LogP contribution in [0.1, 0.15) is 19.0 Å². The smallest absolute Gasteiger partial charge is 0.352 e. The van der Waals surface area contributed by atoms with Gasteiger partial charge in [0.1, 0.15) is 36.0 Å². The highest BCUT2D eigenvalue weighted by Gasteiger charge is 2.54. The highest BCUT2D eigenvalue weighted by Crippen LogP contribution is 2.41. The Hall–Kier alpha value is -3.63. The molecule has 1 aromatic heterocycles. The fourth-order valence-electron chi connectivity index (χ4n) is 4.00. The third-order valence-electron chi connectivity index (χ3n) is 5.60. The molecule has 192 valence electrons. The Morgan fingerprint density at radius 3 is 2.75 bits per heavy atom. The lowest BCUT2D eigenvalue weighted by molar-refractivity contribution is -0.150. The monoisotopic (exact) mass is 537 g/mol. The van der Waals surface area contributed by atoms with Gasteiger partial charge in [-0.3, -0.25) is 19.3 Å². The van der Waals surface area contributed by atoms with Crippen molar-refractivity contribution in [1.29, 1.82) is 0 Å². The number of β-lactam (4-membered cyclic amide) rings is 1. The average molecular weight is 538 g/mol. The Morgan fingerprint density at radius 2 is 2.17 bits per heavy atom. The lowest BCUT2D eigenvalue weighted by atomic mass is 10.0. The number of nitrogens with zero attached hydrogens (tertiary/aromatic N) is 4. The van der Waals surface area contributed by atoms with Crippen LogP contribution in [0.4, 0.5) is 9.93 Å². The van der Waals surface area contributed by atoms with E-state index in [0.29, 0.717) is 12.0 Å². The molecule has 3 aliphatic rings. The van der Waals surface area contributed by atoms with Gasteiger partial charge in [-0.25, -0.2) is 14.6 Å². The quantitative estimate of drug-likeness (QED) is 0.206. The van der Waals surface area contributed by atoms with Gasteiger partial charge in [-0.05, 0) is 12.5 Å². The van der Waals surface area contributed by atoms with Crippen LogP contribution in [0.25, 0.3) is 0 Å². The first-order valence-electron chi connectivity index (χ1n) is 10.6. The van der Waals surface area contributed by atoms with Crippen LogP contribution in [0.5, 0.6) is 0 Å². The molecule has 0 spiro atoms. The number of aromatic nitrogens is 1. The molecule has 4 rings (SSSR count). The number of nitrogen functional groups attached to an aromatic ring is 1. The number of fused-ring (bicyclic) bond motifs is 1. The van der Waals surface area contributed by atoms with Crippen molar-refractivity contribution < 1.29 is 34.0 Å². The molecule has 4 atom stereocenters. The SMILES string of the molecule is CO/N=C(\C(=O)N[C@@H]1C(=O)N2C(C(=O)O)=C(/C=C/C3CC(C)N(C(N)=O)O3)CS[C@@H]12)c1csc(N)n1. The van der Waals surface area contributed by atoms with Crippen molar-refractivity contribution in [3.05, 3.63) is 34.5 Å². The number of hydroxylamine groups is 2. The number of rotatable bonds is 7. The van der Waals surface area contributed by atoms with Crippen LogP contribution < -0.4 is 16.8 Å². The zero-order valence-electron chi connectivity index (χ0n) is 19.1. The molecule has 2 fully saturated rings. The number of hydrogen-bond donors (Lipinski definition) is 4. The van der Waals surface area contributed by atoms with Gasteiger partial charge in [-0.2, -0.15) is 5.06 Å². The number of carboxylic acids is 1. The van der Waals surface area contributed by atoms with E-state index in [1.807, 2.05) is 0 Å². The average Bonchev–Trinajstić information content (AvgIpc) is 3.43. The van der Waals surface area contributed by atoms with Gasteiger partial charge in [0.15, 0.2) is 10.8 Å². The number of carbonyl (C=O) groups is 4. The number of anilines is 1. The highest BCUT2D eigenvalue weighted by atomic mass is 32.2. The number of urea groups is 1. The molecule has 6 N–H and O–H groups in total. The summed E-state index contributed by atoms with van der Waals surface area (Å²) in [6, 6.07) is -1.91. The fraction of sp³-hybridized carbons (Fsp3) is 0.400. The summed E-state index contributed by atoms with van der Waals surface area (Å²) in [6.45, 7) is 1.78. The first kappa shape index (κ1) is 25.5. The van der Waals surface area contributed by atoms with E-state index >= 15 is 0 Å². The number of carbonyl (C=O) groups excluding carboxylic acids is 3. The molecule has 2 unspecified atom stereocenters. The summed E-state index contributed by atoms with van der Waals surface area (Å²) in [5.74, 6) is -2.30. The lowest BCUT2D eigenvalue weighted by Crippen LogP contribution is -2.71. The van der Waals surface area contributed by atoms with E-state index in [9.17, 15) is 24.3 Å². The van der Waals surface area contributed by atoms with Gasteiger partial charge in [-0.15, -0.1) is 23.1 Å². The Kier molecular flexibility index (Phi) is 7.18. The summed E-state index contributed by atoms with van der Waals surface area (Å²) in [7, 11) is 1.26. The van der Waals surface area contributed by atoms with Crippen LogP contribution in [-0.2, 0) is 24.1 Å². The minimum atomic E-state index is -1.28. The van der Waals surface area contributed by atoms with Crippen molar-refractivity contribution in [2.75, 3.05) is 18.6 Å². The summed E-state index contributed by atoms with van der Waals surface area (Å²) in [4.78, 5) is 64.6. The number of thioether (sulfide) groups is 1. The van der Waals surface area contributed by atoms with Gasteiger partial charge >= 0.3 is 12.0 Å². The standard InChI is InChI=1S/C20H23N7O7S2/c1-8-5-10(34-27(8)20(22)32)4-3-9-6-35-17-13(16(29)26(17)14(9)18(30)31)24-15(28)12(25-33-2)11-7-36-19(21)23-11/h3-4,7-8,10,13,17H,5-6H2,1-2H3,(H2,21,23)(H2,22,32)(H,24,28)(H,30,31)/b4-3+,25-12-/t8?,10?,13-,17+/m1/s1. The second-order valence-electron chi connectivity index (χ2n) is 7.99. The van der Waals surface area contributed by atoms with E-state index in [-0.39, 0.29) is 34.0 Å². The number of amides is 4. The van der Waals surface area contributed by atoms with E-state index in [2.05, 4.69) is 15.5 Å². The van der Waals surface area contributed by atoms with E-state index in [4.69, 9.17) is 21.1 Å². The third kappa shape index (κ3) is 4.74. The van der Waals surface area contributed by atoms with Crippen molar-refractivity contribution in [2.24, 2.45) is 10.9 Å². The lowest BCUT2D eigenvalue weighted by Gasteiger charge is -2.49. The molecular weight excluding hydrogens is 514 g/mol. The van der Waals surface area contributed by atoms with Crippen molar-refractivity contribution in [1.82, 2.24) is 20.3 Å². The molecule has 0 bridgehead atoms.